The van der Waals surface area contributed by atoms with Crippen LogP contribution in [0.3, 0.4) is 0 Å². The first kappa shape index (κ1) is 22.6. The molecular weight excluding hydrogens is 396 g/mol. The minimum Gasteiger partial charge on any atom is -1.00 e. The molecule has 0 spiro atoms. The van der Waals surface area contributed by atoms with Crippen LogP contribution in [-0.4, -0.2) is 53.3 Å². The smallest absolute Gasteiger partial charge is 1.00 e. The van der Waals surface area contributed by atoms with Crippen LogP contribution in [0.15, 0.2) is 30.6 Å². The van der Waals surface area contributed by atoms with E-state index in [1.165, 1.54) is 17.5 Å². The predicted molar refractivity (Wildman–Crippen MR) is 97.8 cm³/mol. The minimum absolute atomic E-state index is 0. The number of carbonyl (C=O) groups excluding carboxylic acids is 1. The third-order valence-electron chi connectivity index (χ3n) is 3.60. The Hall–Kier alpha value is -2.68. The predicted octanol–water partition coefficient (Wildman–Crippen LogP) is -1.51. The van der Waals surface area contributed by atoms with Gasteiger partial charge in [-0.1, -0.05) is 22.6 Å². The zero-order chi connectivity index (χ0) is 19.9. The number of hydrogen-bond donors (Lipinski definition) is 2. The Kier molecular flexibility index (Phi) is 8.38. The SMILES string of the molecule is O=C(Cc1ccccn1)Nc1nnc(CCC(F)Cn2cc(C(=O)O)nn2)s1.[H-].[Li+]. The molecule has 148 valence electrons. The number of carboxylic acids is 1. The van der Waals surface area contributed by atoms with Gasteiger partial charge < -0.3 is 11.8 Å². The van der Waals surface area contributed by atoms with Gasteiger partial charge in [0.05, 0.1) is 19.2 Å². The number of aromatic carboxylic acids is 1. The average molecular weight is 413 g/mol. The molecule has 3 rings (SSSR count). The largest absolute Gasteiger partial charge is 1.00 e. The fourth-order valence-electron chi connectivity index (χ4n) is 2.30. The van der Waals surface area contributed by atoms with Crippen LogP contribution in [0, 0.1) is 0 Å². The molecule has 0 saturated heterocycles. The van der Waals surface area contributed by atoms with Gasteiger partial charge in [0.25, 0.3) is 0 Å². The van der Waals surface area contributed by atoms with Crippen LogP contribution < -0.4 is 24.2 Å². The van der Waals surface area contributed by atoms with Crippen molar-refractivity contribution in [2.24, 2.45) is 0 Å². The zero-order valence-corrected chi connectivity index (χ0v) is 16.3. The summed E-state index contributed by atoms with van der Waals surface area (Å²) in [6.45, 7) is -0.104. The van der Waals surface area contributed by atoms with Crippen molar-refractivity contribution >= 4 is 28.3 Å². The van der Waals surface area contributed by atoms with Crippen LogP contribution in [-0.2, 0) is 24.2 Å². The molecule has 2 N–H and O–H groups in total. The first-order valence-electron chi connectivity index (χ1n) is 8.29. The minimum atomic E-state index is -1.26. The maximum absolute atomic E-state index is 14.1. The number of nitrogens with one attached hydrogen (secondary N) is 1. The van der Waals surface area contributed by atoms with Gasteiger partial charge in [0.15, 0.2) is 5.69 Å². The molecule has 0 radical (unpaired) electrons. The van der Waals surface area contributed by atoms with Gasteiger partial charge in [-0.3, -0.25) is 9.78 Å². The molecule has 3 aromatic rings. The number of nitrogens with zero attached hydrogens (tertiary/aromatic N) is 6. The van der Waals surface area contributed by atoms with Crippen LogP contribution in [0.5, 0.6) is 0 Å². The van der Waals surface area contributed by atoms with Crippen molar-refractivity contribution in [3.05, 3.63) is 47.0 Å². The third kappa shape index (κ3) is 7.01. The van der Waals surface area contributed by atoms with Gasteiger partial charge in [0.2, 0.25) is 11.0 Å². The number of rotatable bonds is 9. The molecule has 3 aromatic heterocycles. The third-order valence-corrected chi connectivity index (χ3v) is 4.49. The first-order chi connectivity index (χ1) is 13.5. The van der Waals surface area contributed by atoms with E-state index in [2.05, 4.69) is 30.8 Å². The van der Waals surface area contributed by atoms with Crippen molar-refractivity contribution in [1.82, 2.24) is 30.2 Å². The number of alkyl halides is 1. The molecule has 1 atom stereocenters. The van der Waals surface area contributed by atoms with E-state index in [0.717, 1.165) is 4.68 Å². The maximum Gasteiger partial charge on any atom is 1.00 e. The van der Waals surface area contributed by atoms with Crippen molar-refractivity contribution in [3.63, 3.8) is 0 Å². The number of hydrogen-bond acceptors (Lipinski definition) is 8. The summed E-state index contributed by atoms with van der Waals surface area (Å²) < 4.78 is 15.2. The van der Waals surface area contributed by atoms with E-state index < -0.39 is 12.1 Å². The standard InChI is InChI=1S/C16H16FN7O3S.Li.H/c17-10(8-24-9-12(15(26)27)20-23-24)4-5-14-21-22-16(28-14)19-13(25)7-11-3-1-2-6-18-11;;/h1-3,6,9-10H,4-5,7-8H2,(H,26,27)(H,19,22,25);;/q;+1;-1. The van der Waals surface area contributed by atoms with E-state index >= 15 is 0 Å². The molecule has 3 heterocycles. The Balaban J connectivity index is 0.00000225. The van der Waals surface area contributed by atoms with Crippen molar-refractivity contribution in [1.29, 1.82) is 0 Å². The first-order valence-corrected chi connectivity index (χ1v) is 9.11. The summed E-state index contributed by atoms with van der Waals surface area (Å²) in [5.74, 6) is -1.47. The molecule has 0 fully saturated rings. The number of aromatic nitrogens is 6. The normalized spacial score (nSPS) is 11.5. The second-order valence-electron chi connectivity index (χ2n) is 5.81. The van der Waals surface area contributed by atoms with Gasteiger partial charge in [-0.15, -0.1) is 15.3 Å². The average Bonchev–Trinajstić information content (AvgIpc) is 3.30. The molecule has 0 aliphatic carbocycles. The van der Waals surface area contributed by atoms with E-state index in [0.29, 0.717) is 22.3 Å². The zero-order valence-electron chi connectivity index (χ0n) is 16.5. The topological polar surface area (TPSA) is 136 Å². The van der Waals surface area contributed by atoms with Crippen LogP contribution in [0.4, 0.5) is 9.52 Å². The summed E-state index contributed by atoms with van der Waals surface area (Å²) in [4.78, 5) is 26.8. The number of anilines is 1. The number of halogens is 1. The van der Waals surface area contributed by atoms with E-state index in [1.807, 2.05) is 0 Å². The molecule has 10 nitrogen and oxygen atoms in total. The van der Waals surface area contributed by atoms with Crippen molar-refractivity contribution in [2.45, 2.75) is 32.0 Å². The molecule has 0 bridgehead atoms. The summed E-state index contributed by atoms with van der Waals surface area (Å²) in [7, 11) is 0. The van der Waals surface area contributed by atoms with E-state index in [-0.39, 0.29) is 51.3 Å². The molecule has 0 aromatic carbocycles. The van der Waals surface area contributed by atoms with Crippen LogP contribution >= 0.6 is 11.3 Å². The molecule has 1 unspecified atom stereocenters. The van der Waals surface area contributed by atoms with Gasteiger partial charge >= 0.3 is 24.8 Å². The number of carbonyl (C=O) groups is 2. The van der Waals surface area contributed by atoms with Crippen LogP contribution in [0.2, 0.25) is 0 Å². The summed E-state index contributed by atoms with van der Waals surface area (Å²) in [5, 5.41) is 27.2. The number of amides is 1. The number of aryl methyl sites for hydroxylation is 1. The molecule has 0 saturated carbocycles. The Labute approximate surface area is 182 Å². The summed E-state index contributed by atoms with van der Waals surface area (Å²) >= 11 is 1.17. The molecule has 1 amide bonds. The molecule has 0 aliphatic rings. The number of carboxylic acid groups (broad SMARTS) is 1. The van der Waals surface area contributed by atoms with Gasteiger partial charge in [-0.05, 0) is 18.6 Å². The monoisotopic (exact) mass is 413 g/mol. The fraction of sp³-hybridized carbons (Fsp3) is 0.312. The van der Waals surface area contributed by atoms with Crippen molar-refractivity contribution < 1.29 is 39.4 Å². The summed E-state index contributed by atoms with van der Waals surface area (Å²) in [6, 6.07) is 5.32. The second-order valence-corrected chi connectivity index (χ2v) is 6.88. The Bertz CT molecular complexity index is 959. The van der Waals surface area contributed by atoms with E-state index in [9.17, 15) is 14.0 Å². The number of pyridine rings is 1. The molecule has 0 aliphatic heterocycles. The molecule has 13 heteroatoms. The Morgan fingerprint density at radius 1 is 1.31 bits per heavy atom. The van der Waals surface area contributed by atoms with Gasteiger partial charge in [-0.2, -0.15) is 0 Å². The molecule has 29 heavy (non-hydrogen) atoms. The van der Waals surface area contributed by atoms with Crippen molar-refractivity contribution in [2.75, 3.05) is 5.32 Å². The van der Waals surface area contributed by atoms with Gasteiger partial charge in [-0.25, -0.2) is 13.9 Å². The Morgan fingerprint density at radius 3 is 2.83 bits per heavy atom. The molecular formula is C16H17FLiN7O3S. The summed E-state index contributed by atoms with van der Waals surface area (Å²) in [5.41, 5.74) is 0.409. The van der Waals surface area contributed by atoms with Gasteiger partial charge in [0.1, 0.15) is 11.2 Å². The van der Waals surface area contributed by atoms with E-state index in [1.54, 1.807) is 24.4 Å². The summed E-state index contributed by atoms with van der Waals surface area (Å²) in [6.07, 6.45) is 2.14. The van der Waals surface area contributed by atoms with Crippen LogP contribution in [0.25, 0.3) is 0 Å². The maximum atomic E-state index is 14.1. The van der Waals surface area contributed by atoms with Crippen molar-refractivity contribution in [3.8, 4) is 0 Å². The Morgan fingerprint density at radius 2 is 2.14 bits per heavy atom. The quantitative estimate of drug-likeness (QED) is 0.404. The van der Waals surface area contributed by atoms with Crippen LogP contribution in [0.1, 0.15) is 29.0 Å². The van der Waals surface area contributed by atoms with E-state index in [4.69, 9.17) is 5.11 Å². The fourth-order valence-corrected chi connectivity index (χ4v) is 3.07. The van der Waals surface area contributed by atoms with Gasteiger partial charge in [0, 0.05) is 18.3 Å². The second kappa shape index (κ2) is 10.8.